The minimum Gasteiger partial charge on any atom is -0.444 e. The van der Waals surface area contributed by atoms with Gasteiger partial charge >= 0.3 is 6.09 Å². The standard InChI is InChI=1S/C26H29N7O2S/c1-26(2,3)35-25(34)33-17-5-6-18(33)14-16(13-17)29-22-10-8-20(30-31-22)19-7-9-21(32-12-4-11-28-32)23-24(19)36-15-27-23/h4,7-12,15-18H,5-6,13-14H2,1-3H3,(H,29,31)/t16?,17-,18?/m0/s1. The molecule has 4 aromatic rings. The van der Waals surface area contributed by atoms with Crippen LogP contribution in [0.5, 0.6) is 0 Å². The Morgan fingerprint density at radius 3 is 2.58 bits per heavy atom. The Morgan fingerprint density at radius 1 is 1.11 bits per heavy atom. The van der Waals surface area contributed by atoms with Crippen molar-refractivity contribution in [2.45, 2.75) is 70.2 Å². The average molecular weight is 504 g/mol. The summed E-state index contributed by atoms with van der Waals surface area (Å²) in [6.07, 6.45) is 7.29. The maximum atomic E-state index is 12.7. The van der Waals surface area contributed by atoms with Gasteiger partial charge in [-0.1, -0.05) is 0 Å². The fourth-order valence-corrected chi connectivity index (χ4v) is 6.24. The topological polar surface area (TPSA) is 98.1 Å². The van der Waals surface area contributed by atoms with Crippen LogP contribution < -0.4 is 5.32 Å². The highest BCUT2D eigenvalue weighted by atomic mass is 32.1. The fourth-order valence-electron chi connectivity index (χ4n) is 5.40. The number of aromatic nitrogens is 5. The number of carbonyl (C=O) groups is 1. The molecule has 1 N–H and O–H groups in total. The zero-order valence-electron chi connectivity index (χ0n) is 20.6. The predicted molar refractivity (Wildman–Crippen MR) is 139 cm³/mol. The van der Waals surface area contributed by atoms with Crippen molar-refractivity contribution in [3.63, 3.8) is 0 Å². The lowest BCUT2D eigenvalue weighted by Gasteiger charge is -2.39. The van der Waals surface area contributed by atoms with Crippen LogP contribution in [0.3, 0.4) is 0 Å². The number of hydrogen-bond acceptors (Lipinski definition) is 8. The zero-order chi connectivity index (χ0) is 24.9. The second-order valence-corrected chi connectivity index (χ2v) is 11.4. The van der Waals surface area contributed by atoms with Crippen LogP contribution in [0, 0.1) is 0 Å². The van der Waals surface area contributed by atoms with E-state index in [1.807, 2.05) is 66.3 Å². The second-order valence-electron chi connectivity index (χ2n) is 10.5. The van der Waals surface area contributed by atoms with Crippen LogP contribution in [0.4, 0.5) is 10.6 Å². The van der Waals surface area contributed by atoms with Crippen molar-refractivity contribution >= 4 is 33.5 Å². The maximum absolute atomic E-state index is 12.7. The van der Waals surface area contributed by atoms with Crippen molar-refractivity contribution in [1.82, 2.24) is 29.9 Å². The first-order valence-corrected chi connectivity index (χ1v) is 13.2. The van der Waals surface area contributed by atoms with E-state index in [-0.39, 0.29) is 24.2 Å². The molecule has 6 rings (SSSR count). The average Bonchev–Trinajstić information content (AvgIpc) is 3.58. The number of fused-ring (bicyclic) bond motifs is 3. The number of hydrogen-bond donors (Lipinski definition) is 1. The second kappa shape index (κ2) is 8.85. The number of rotatable bonds is 4. The molecule has 2 unspecified atom stereocenters. The molecule has 186 valence electrons. The summed E-state index contributed by atoms with van der Waals surface area (Å²) in [6.45, 7) is 5.74. The van der Waals surface area contributed by atoms with Gasteiger partial charge in [-0.2, -0.15) is 5.10 Å². The third-order valence-corrected chi connectivity index (χ3v) is 7.70. The van der Waals surface area contributed by atoms with Gasteiger partial charge in [0.15, 0.2) is 0 Å². The van der Waals surface area contributed by atoms with Crippen molar-refractivity contribution in [2.75, 3.05) is 5.32 Å². The molecule has 2 saturated heterocycles. The van der Waals surface area contributed by atoms with Gasteiger partial charge in [-0.05, 0) is 76.8 Å². The summed E-state index contributed by atoms with van der Waals surface area (Å²) in [5.74, 6) is 0.752. The largest absolute Gasteiger partial charge is 0.444 e. The van der Waals surface area contributed by atoms with Gasteiger partial charge in [-0.15, -0.1) is 21.5 Å². The molecule has 36 heavy (non-hydrogen) atoms. The van der Waals surface area contributed by atoms with Gasteiger partial charge in [0.25, 0.3) is 0 Å². The highest BCUT2D eigenvalue weighted by molar-refractivity contribution is 7.17. The highest BCUT2D eigenvalue weighted by Gasteiger charge is 2.44. The van der Waals surface area contributed by atoms with E-state index in [0.29, 0.717) is 0 Å². The molecule has 0 radical (unpaired) electrons. The quantitative estimate of drug-likeness (QED) is 0.404. The molecular weight excluding hydrogens is 474 g/mol. The Labute approximate surface area is 213 Å². The number of amides is 1. The predicted octanol–water partition coefficient (Wildman–Crippen LogP) is 5.28. The molecule has 3 aromatic heterocycles. The molecule has 2 bridgehead atoms. The van der Waals surface area contributed by atoms with Crippen molar-refractivity contribution < 1.29 is 9.53 Å². The van der Waals surface area contributed by atoms with E-state index >= 15 is 0 Å². The highest BCUT2D eigenvalue weighted by Crippen LogP contribution is 2.38. The summed E-state index contributed by atoms with van der Waals surface area (Å²) in [7, 11) is 0. The first kappa shape index (κ1) is 22.9. The number of piperidine rings is 1. The number of benzene rings is 1. The van der Waals surface area contributed by atoms with Crippen molar-refractivity contribution in [1.29, 1.82) is 0 Å². The monoisotopic (exact) mass is 503 g/mol. The summed E-state index contributed by atoms with van der Waals surface area (Å²) in [5, 5.41) is 16.9. The lowest BCUT2D eigenvalue weighted by atomic mass is 9.97. The smallest absolute Gasteiger partial charge is 0.410 e. The molecule has 1 aromatic carbocycles. The van der Waals surface area contributed by atoms with E-state index < -0.39 is 5.60 Å². The molecule has 5 heterocycles. The van der Waals surface area contributed by atoms with Crippen molar-refractivity contribution in [3.8, 4) is 16.9 Å². The van der Waals surface area contributed by atoms with E-state index in [4.69, 9.17) is 4.74 Å². The van der Waals surface area contributed by atoms with Crippen LogP contribution in [0.25, 0.3) is 27.2 Å². The van der Waals surface area contributed by atoms with Gasteiger partial charge in [0, 0.05) is 36.1 Å². The van der Waals surface area contributed by atoms with Gasteiger partial charge in [0.05, 0.1) is 21.6 Å². The summed E-state index contributed by atoms with van der Waals surface area (Å²) in [4.78, 5) is 19.3. The van der Waals surface area contributed by atoms with E-state index in [1.54, 1.807) is 17.5 Å². The van der Waals surface area contributed by atoms with Crippen LogP contribution in [0.2, 0.25) is 0 Å². The first-order valence-electron chi connectivity index (χ1n) is 12.3. The molecule has 0 aliphatic carbocycles. The Balaban J connectivity index is 1.16. The van der Waals surface area contributed by atoms with Gasteiger partial charge in [0.2, 0.25) is 0 Å². The van der Waals surface area contributed by atoms with Gasteiger partial charge in [-0.3, -0.25) is 0 Å². The van der Waals surface area contributed by atoms with E-state index in [2.05, 4.69) is 31.7 Å². The molecule has 9 nitrogen and oxygen atoms in total. The normalized spacial score (nSPS) is 21.6. The van der Waals surface area contributed by atoms with E-state index in [9.17, 15) is 4.79 Å². The molecular formula is C26H29N7O2S. The minimum atomic E-state index is -0.479. The fraction of sp³-hybridized carbons (Fsp3) is 0.423. The number of thiazole rings is 1. The third kappa shape index (κ3) is 4.30. The number of nitrogens with one attached hydrogen (secondary N) is 1. The van der Waals surface area contributed by atoms with Crippen LogP contribution in [-0.4, -0.2) is 59.7 Å². The molecule has 1 amide bonds. The summed E-state index contributed by atoms with van der Waals surface area (Å²) >= 11 is 1.59. The molecule has 2 fully saturated rings. The molecule has 0 spiro atoms. The minimum absolute atomic E-state index is 0.189. The Morgan fingerprint density at radius 2 is 1.92 bits per heavy atom. The lowest BCUT2D eigenvalue weighted by molar-refractivity contribution is 0.00682. The Kier molecular flexibility index (Phi) is 5.63. The zero-order valence-corrected chi connectivity index (χ0v) is 21.4. The van der Waals surface area contributed by atoms with E-state index in [1.165, 1.54) is 0 Å². The number of ether oxygens (including phenoxy) is 1. The SMILES string of the molecule is CC(C)(C)OC(=O)N1C2CC[C@H]1CC(Nc1ccc(-c3ccc(-n4cccn4)c4ncsc34)nn1)C2. The van der Waals surface area contributed by atoms with Gasteiger partial charge in [-0.25, -0.2) is 14.5 Å². The van der Waals surface area contributed by atoms with E-state index in [0.717, 1.165) is 58.7 Å². The Bertz CT molecular complexity index is 1360. The van der Waals surface area contributed by atoms with Crippen LogP contribution in [0.1, 0.15) is 46.5 Å². The Hall–Kier alpha value is -3.53. The van der Waals surface area contributed by atoms with Crippen LogP contribution in [-0.2, 0) is 4.74 Å². The molecule has 10 heteroatoms. The molecule has 3 atom stereocenters. The van der Waals surface area contributed by atoms with Gasteiger partial charge < -0.3 is 15.0 Å². The van der Waals surface area contributed by atoms with Crippen LogP contribution in [0.15, 0.2) is 48.2 Å². The maximum Gasteiger partial charge on any atom is 0.410 e. The summed E-state index contributed by atoms with van der Waals surface area (Å²) in [6, 6.07) is 10.6. The first-order chi connectivity index (χ1) is 17.4. The number of anilines is 1. The van der Waals surface area contributed by atoms with Crippen LogP contribution >= 0.6 is 11.3 Å². The third-order valence-electron chi connectivity index (χ3n) is 6.84. The number of carbonyl (C=O) groups excluding carboxylic acids is 1. The molecule has 2 aliphatic heterocycles. The molecule has 2 aliphatic rings. The number of nitrogens with zero attached hydrogens (tertiary/aromatic N) is 6. The lowest BCUT2D eigenvalue weighted by Crippen LogP contribution is -2.51. The van der Waals surface area contributed by atoms with Gasteiger partial charge in [0.1, 0.15) is 16.9 Å². The molecule has 0 saturated carbocycles. The van der Waals surface area contributed by atoms with Crippen molar-refractivity contribution in [2.24, 2.45) is 0 Å². The summed E-state index contributed by atoms with van der Waals surface area (Å²) in [5.41, 5.74) is 5.03. The van der Waals surface area contributed by atoms with Crippen molar-refractivity contribution in [3.05, 3.63) is 48.2 Å². The summed E-state index contributed by atoms with van der Waals surface area (Å²) < 4.78 is 8.54.